The molecular formula is C17H13Cl3N2O2S. The highest BCUT2D eigenvalue weighted by Gasteiger charge is 2.14. The topological polar surface area (TPSA) is 43.6 Å². The average molecular weight is 416 g/mol. The molecule has 3 aromatic rings. The number of fused-ring (bicyclic) bond motifs is 1. The van der Waals surface area contributed by atoms with Crippen LogP contribution < -0.4 is 4.80 Å². The number of carbonyl (C=O) groups is 1. The van der Waals surface area contributed by atoms with Crippen molar-refractivity contribution in [1.82, 2.24) is 4.57 Å². The molecule has 0 saturated heterocycles. The van der Waals surface area contributed by atoms with Gasteiger partial charge in [0.1, 0.15) is 0 Å². The van der Waals surface area contributed by atoms with Gasteiger partial charge < -0.3 is 9.30 Å². The molecule has 0 aliphatic rings. The molecular weight excluding hydrogens is 403 g/mol. The van der Waals surface area contributed by atoms with Crippen LogP contribution in [0, 0.1) is 0 Å². The van der Waals surface area contributed by atoms with Gasteiger partial charge in [0.25, 0.3) is 5.91 Å². The number of hydrogen-bond acceptors (Lipinski definition) is 3. The summed E-state index contributed by atoms with van der Waals surface area (Å²) in [4.78, 5) is 17.3. The van der Waals surface area contributed by atoms with Gasteiger partial charge in [0, 0.05) is 24.2 Å². The molecule has 0 radical (unpaired) electrons. The summed E-state index contributed by atoms with van der Waals surface area (Å²) >= 11 is 19.7. The lowest BCUT2D eigenvalue weighted by Crippen LogP contribution is -2.19. The predicted molar refractivity (Wildman–Crippen MR) is 103 cm³/mol. The number of benzene rings is 2. The fourth-order valence-electron chi connectivity index (χ4n) is 2.32. The van der Waals surface area contributed by atoms with E-state index in [2.05, 4.69) is 4.99 Å². The standard InChI is InChI=1S/C17H13Cl3N2O2S/c1-24-9-8-22-15-13(7-6-12(19)14(15)20)25-17(22)21-16(23)10-2-4-11(18)5-3-10/h2-7H,8-9H2,1H3. The van der Waals surface area contributed by atoms with E-state index in [1.807, 2.05) is 10.6 Å². The maximum atomic E-state index is 12.5. The minimum atomic E-state index is -0.350. The smallest absolute Gasteiger partial charge is 0.279 e. The predicted octanol–water partition coefficient (Wildman–Crippen LogP) is 5.05. The van der Waals surface area contributed by atoms with Gasteiger partial charge in [0.2, 0.25) is 0 Å². The third-order valence-corrected chi connectivity index (χ3v) is 5.63. The van der Waals surface area contributed by atoms with Gasteiger partial charge in [0.05, 0.1) is 26.9 Å². The van der Waals surface area contributed by atoms with E-state index < -0.39 is 0 Å². The van der Waals surface area contributed by atoms with E-state index in [1.165, 1.54) is 11.3 Å². The number of methoxy groups -OCH3 is 1. The molecule has 0 saturated carbocycles. The lowest BCUT2D eigenvalue weighted by molar-refractivity contribution is 0.0997. The summed E-state index contributed by atoms with van der Waals surface area (Å²) in [6.07, 6.45) is 0. The Morgan fingerprint density at radius 3 is 2.56 bits per heavy atom. The van der Waals surface area contributed by atoms with Crippen LogP contribution in [0.15, 0.2) is 41.4 Å². The highest BCUT2D eigenvalue weighted by Crippen LogP contribution is 2.32. The molecule has 2 aromatic carbocycles. The van der Waals surface area contributed by atoms with Gasteiger partial charge in [-0.1, -0.05) is 46.1 Å². The van der Waals surface area contributed by atoms with Crippen molar-refractivity contribution in [3.63, 3.8) is 0 Å². The Labute approximate surface area is 163 Å². The summed E-state index contributed by atoms with van der Waals surface area (Å²) in [7, 11) is 1.61. The number of ether oxygens (including phenoxy) is 1. The molecule has 0 N–H and O–H groups in total. The Morgan fingerprint density at radius 2 is 1.88 bits per heavy atom. The van der Waals surface area contributed by atoms with Gasteiger partial charge in [-0.15, -0.1) is 0 Å². The van der Waals surface area contributed by atoms with Crippen LogP contribution in [0.25, 0.3) is 10.2 Å². The maximum Gasteiger partial charge on any atom is 0.279 e. The molecule has 0 aliphatic heterocycles. The molecule has 0 fully saturated rings. The minimum absolute atomic E-state index is 0.350. The number of aromatic nitrogens is 1. The van der Waals surface area contributed by atoms with E-state index >= 15 is 0 Å². The van der Waals surface area contributed by atoms with Crippen LogP contribution in [-0.2, 0) is 11.3 Å². The second-order valence-electron chi connectivity index (χ2n) is 5.16. The molecule has 1 heterocycles. The van der Waals surface area contributed by atoms with Crippen molar-refractivity contribution in [1.29, 1.82) is 0 Å². The van der Waals surface area contributed by atoms with Crippen molar-refractivity contribution in [3.8, 4) is 0 Å². The van der Waals surface area contributed by atoms with Crippen LogP contribution in [0.5, 0.6) is 0 Å². The summed E-state index contributed by atoms with van der Waals surface area (Å²) < 4.78 is 7.91. The molecule has 0 bridgehead atoms. The average Bonchev–Trinajstić information content (AvgIpc) is 2.94. The number of carbonyl (C=O) groups excluding carboxylic acids is 1. The first-order chi connectivity index (χ1) is 12.0. The number of hydrogen-bond donors (Lipinski definition) is 0. The molecule has 8 heteroatoms. The van der Waals surface area contributed by atoms with Crippen LogP contribution in [0.2, 0.25) is 15.1 Å². The molecule has 4 nitrogen and oxygen atoms in total. The Hall–Kier alpha value is -1.37. The summed E-state index contributed by atoms with van der Waals surface area (Å²) in [5.41, 5.74) is 1.21. The zero-order valence-corrected chi connectivity index (χ0v) is 16.2. The van der Waals surface area contributed by atoms with E-state index in [9.17, 15) is 4.79 Å². The first-order valence-corrected chi connectivity index (χ1v) is 9.27. The van der Waals surface area contributed by atoms with Crippen molar-refractivity contribution in [3.05, 3.63) is 61.8 Å². The molecule has 130 valence electrons. The van der Waals surface area contributed by atoms with E-state index in [0.717, 1.165) is 10.2 Å². The molecule has 0 spiro atoms. The lowest BCUT2D eigenvalue weighted by Gasteiger charge is -2.06. The number of rotatable bonds is 4. The molecule has 0 unspecified atom stereocenters. The Kier molecular flexibility index (Phi) is 5.81. The number of thiazole rings is 1. The van der Waals surface area contributed by atoms with Crippen molar-refractivity contribution >= 4 is 62.3 Å². The fraction of sp³-hybridized carbons (Fsp3) is 0.176. The van der Waals surface area contributed by atoms with Gasteiger partial charge in [0.15, 0.2) is 4.80 Å². The second kappa shape index (κ2) is 7.89. The van der Waals surface area contributed by atoms with Gasteiger partial charge in [-0.05, 0) is 36.4 Å². The third kappa shape index (κ3) is 3.91. The van der Waals surface area contributed by atoms with E-state index in [1.54, 1.807) is 37.4 Å². The summed E-state index contributed by atoms with van der Waals surface area (Å²) in [5, 5.41) is 1.45. The van der Waals surface area contributed by atoms with E-state index in [-0.39, 0.29) is 5.91 Å². The van der Waals surface area contributed by atoms with Crippen LogP contribution in [0.3, 0.4) is 0 Å². The maximum absolute atomic E-state index is 12.5. The first-order valence-electron chi connectivity index (χ1n) is 7.32. The zero-order valence-electron chi connectivity index (χ0n) is 13.1. The van der Waals surface area contributed by atoms with Crippen LogP contribution in [-0.4, -0.2) is 24.2 Å². The molecule has 1 amide bonds. The molecule has 0 aliphatic carbocycles. The van der Waals surface area contributed by atoms with Crippen molar-refractivity contribution < 1.29 is 9.53 Å². The molecule has 0 atom stereocenters. The van der Waals surface area contributed by atoms with Crippen LogP contribution in [0.1, 0.15) is 10.4 Å². The molecule has 1 aromatic heterocycles. The molecule has 25 heavy (non-hydrogen) atoms. The Morgan fingerprint density at radius 1 is 1.16 bits per heavy atom. The summed E-state index contributed by atoms with van der Waals surface area (Å²) in [6, 6.07) is 10.2. The zero-order chi connectivity index (χ0) is 18.0. The Balaban J connectivity index is 2.15. The fourth-order valence-corrected chi connectivity index (χ4v) is 3.99. The Bertz CT molecular complexity index is 994. The highest BCUT2D eigenvalue weighted by atomic mass is 35.5. The lowest BCUT2D eigenvalue weighted by atomic mass is 10.2. The normalized spacial score (nSPS) is 12.1. The van der Waals surface area contributed by atoms with E-state index in [0.29, 0.717) is 38.6 Å². The van der Waals surface area contributed by atoms with Crippen LogP contribution >= 0.6 is 46.1 Å². The van der Waals surface area contributed by atoms with Crippen molar-refractivity contribution in [2.45, 2.75) is 6.54 Å². The van der Waals surface area contributed by atoms with Crippen LogP contribution in [0.4, 0.5) is 0 Å². The summed E-state index contributed by atoms with van der Waals surface area (Å²) in [5.74, 6) is -0.350. The number of amides is 1. The quantitative estimate of drug-likeness (QED) is 0.598. The SMILES string of the molecule is COCCn1c(=NC(=O)c2ccc(Cl)cc2)sc2ccc(Cl)c(Cl)c21. The van der Waals surface area contributed by atoms with Gasteiger partial charge in [-0.2, -0.15) is 4.99 Å². The minimum Gasteiger partial charge on any atom is -0.383 e. The van der Waals surface area contributed by atoms with Crippen molar-refractivity contribution in [2.75, 3.05) is 13.7 Å². The van der Waals surface area contributed by atoms with Gasteiger partial charge >= 0.3 is 0 Å². The number of halogens is 3. The first kappa shape index (κ1) is 18.4. The third-order valence-electron chi connectivity index (χ3n) is 3.54. The van der Waals surface area contributed by atoms with Gasteiger partial charge in [-0.3, -0.25) is 4.79 Å². The monoisotopic (exact) mass is 414 g/mol. The molecule has 3 rings (SSSR count). The number of nitrogens with zero attached hydrogens (tertiary/aromatic N) is 2. The van der Waals surface area contributed by atoms with E-state index in [4.69, 9.17) is 39.5 Å². The van der Waals surface area contributed by atoms with Gasteiger partial charge in [-0.25, -0.2) is 0 Å². The highest BCUT2D eigenvalue weighted by molar-refractivity contribution is 7.16. The second-order valence-corrected chi connectivity index (χ2v) is 7.39. The largest absolute Gasteiger partial charge is 0.383 e. The van der Waals surface area contributed by atoms with Crippen molar-refractivity contribution in [2.24, 2.45) is 4.99 Å². The summed E-state index contributed by atoms with van der Waals surface area (Å²) in [6.45, 7) is 0.959.